The van der Waals surface area contributed by atoms with Crippen molar-refractivity contribution >= 4 is 5.91 Å². The highest BCUT2D eigenvalue weighted by Crippen LogP contribution is 2.04. The Balaban J connectivity index is 2.33. The van der Waals surface area contributed by atoms with Crippen molar-refractivity contribution in [2.75, 3.05) is 13.6 Å². The first kappa shape index (κ1) is 14.7. The van der Waals surface area contributed by atoms with E-state index in [0.717, 1.165) is 31.5 Å². The van der Waals surface area contributed by atoms with E-state index in [9.17, 15) is 9.90 Å². The van der Waals surface area contributed by atoms with E-state index in [2.05, 4.69) is 10.6 Å². The summed E-state index contributed by atoms with van der Waals surface area (Å²) >= 11 is 0. The highest BCUT2D eigenvalue weighted by molar-refractivity contribution is 5.93. The molecule has 1 unspecified atom stereocenters. The van der Waals surface area contributed by atoms with Crippen molar-refractivity contribution in [3.63, 3.8) is 0 Å². The smallest absolute Gasteiger partial charge is 0.251 e. The first-order valence-electron chi connectivity index (χ1n) is 6.37. The average molecular weight is 250 g/mol. The van der Waals surface area contributed by atoms with Crippen LogP contribution in [0.2, 0.25) is 0 Å². The summed E-state index contributed by atoms with van der Waals surface area (Å²) in [5.41, 5.74) is 1.80. The summed E-state index contributed by atoms with van der Waals surface area (Å²) in [4.78, 5) is 11.3. The second-order valence-electron chi connectivity index (χ2n) is 4.30. The lowest BCUT2D eigenvalue weighted by Gasteiger charge is -2.09. The molecule has 0 saturated heterocycles. The van der Waals surface area contributed by atoms with E-state index < -0.39 is 0 Å². The maximum Gasteiger partial charge on any atom is 0.251 e. The molecular formula is C14H22N2O2. The number of benzene rings is 1. The largest absolute Gasteiger partial charge is 0.393 e. The fourth-order valence-electron chi connectivity index (χ4n) is 1.62. The summed E-state index contributed by atoms with van der Waals surface area (Å²) in [6, 6.07) is 7.51. The van der Waals surface area contributed by atoms with Gasteiger partial charge in [0.2, 0.25) is 0 Å². The van der Waals surface area contributed by atoms with Crippen molar-refractivity contribution in [3.8, 4) is 0 Å². The minimum Gasteiger partial charge on any atom is -0.393 e. The molecule has 1 rings (SSSR count). The predicted molar refractivity (Wildman–Crippen MR) is 72.5 cm³/mol. The molecule has 4 nitrogen and oxygen atoms in total. The number of hydrogen-bond donors (Lipinski definition) is 3. The van der Waals surface area contributed by atoms with Crippen LogP contribution in [0.3, 0.4) is 0 Å². The summed E-state index contributed by atoms with van der Waals surface area (Å²) in [5.74, 6) is -0.0689. The van der Waals surface area contributed by atoms with Gasteiger partial charge in [0.25, 0.3) is 5.91 Å². The maximum absolute atomic E-state index is 11.3. The van der Waals surface area contributed by atoms with Gasteiger partial charge in [-0.15, -0.1) is 0 Å². The van der Waals surface area contributed by atoms with Crippen LogP contribution in [-0.4, -0.2) is 30.7 Å². The van der Waals surface area contributed by atoms with Crippen molar-refractivity contribution in [3.05, 3.63) is 35.4 Å². The highest BCUT2D eigenvalue weighted by Gasteiger charge is 2.02. The van der Waals surface area contributed by atoms with Gasteiger partial charge in [0.1, 0.15) is 0 Å². The number of rotatable bonds is 7. The van der Waals surface area contributed by atoms with Gasteiger partial charge in [-0.3, -0.25) is 4.79 Å². The molecule has 0 spiro atoms. The molecule has 3 N–H and O–H groups in total. The lowest BCUT2D eigenvalue weighted by Crippen LogP contribution is -2.20. The van der Waals surface area contributed by atoms with Gasteiger partial charge in [0, 0.05) is 19.2 Å². The van der Waals surface area contributed by atoms with Crippen LogP contribution in [0.15, 0.2) is 24.3 Å². The summed E-state index contributed by atoms with van der Waals surface area (Å²) in [7, 11) is 1.62. The van der Waals surface area contributed by atoms with Gasteiger partial charge < -0.3 is 15.7 Å². The molecule has 0 aliphatic carbocycles. The molecule has 1 aromatic rings. The van der Waals surface area contributed by atoms with E-state index >= 15 is 0 Å². The summed E-state index contributed by atoms with van der Waals surface area (Å²) in [5, 5.41) is 15.3. The van der Waals surface area contributed by atoms with Gasteiger partial charge >= 0.3 is 0 Å². The maximum atomic E-state index is 11.3. The first-order valence-corrected chi connectivity index (χ1v) is 6.37. The van der Waals surface area contributed by atoms with Crippen LogP contribution in [0.1, 0.15) is 35.7 Å². The second-order valence-corrected chi connectivity index (χ2v) is 4.30. The van der Waals surface area contributed by atoms with Gasteiger partial charge in [-0.05, 0) is 37.1 Å². The molecular weight excluding hydrogens is 228 g/mol. The summed E-state index contributed by atoms with van der Waals surface area (Å²) in [6.45, 7) is 3.53. The molecule has 0 aliphatic heterocycles. The van der Waals surface area contributed by atoms with Crippen LogP contribution < -0.4 is 10.6 Å². The predicted octanol–water partition coefficient (Wildman–Crippen LogP) is 1.30. The zero-order chi connectivity index (χ0) is 13.4. The van der Waals surface area contributed by atoms with Crippen molar-refractivity contribution < 1.29 is 9.90 Å². The zero-order valence-corrected chi connectivity index (χ0v) is 11.1. The van der Waals surface area contributed by atoms with E-state index in [1.165, 1.54) is 0 Å². The molecule has 0 heterocycles. The van der Waals surface area contributed by atoms with Gasteiger partial charge in [-0.25, -0.2) is 0 Å². The second kappa shape index (κ2) is 7.84. The fraction of sp³-hybridized carbons (Fsp3) is 0.500. The lowest BCUT2D eigenvalue weighted by molar-refractivity contribution is 0.0963. The molecule has 0 fully saturated rings. The molecule has 1 atom stereocenters. The Hall–Kier alpha value is -1.39. The Kier molecular flexibility index (Phi) is 6.39. The third kappa shape index (κ3) is 4.85. The SMILES string of the molecule is CCC(O)CCNCc1ccc(C(=O)NC)cc1. The number of hydrogen-bond acceptors (Lipinski definition) is 3. The summed E-state index contributed by atoms with van der Waals surface area (Å²) in [6.07, 6.45) is 1.35. The van der Waals surface area contributed by atoms with E-state index in [1.54, 1.807) is 7.05 Å². The molecule has 0 aromatic heterocycles. The molecule has 100 valence electrons. The van der Waals surface area contributed by atoms with Crippen LogP contribution in [0, 0.1) is 0 Å². The fourth-order valence-corrected chi connectivity index (χ4v) is 1.62. The van der Waals surface area contributed by atoms with Crippen LogP contribution in [-0.2, 0) is 6.54 Å². The van der Waals surface area contributed by atoms with Crippen molar-refractivity contribution in [1.82, 2.24) is 10.6 Å². The Morgan fingerprint density at radius 1 is 1.33 bits per heavy atom. The molecule has 0 radical (unpaired) electrons. The number of carbonyl (C=O) groups is 1. The zero-order valence-electron chi connectivity index (χ0n) is 11.1. The van der Waals surface area contributed by atoms with Crippen molar-refractivity contribution in [1.29, 1.82) is 0 Å². The number of aliphatic hydroxyl groups is 1. The highest BCUT2D eigenvalue weighted by atomic mass is 16.3. The van der Waals surface area contributed by atoms with E-state index in [0.29, 0.717) is 5.56 Å². The van der Waals surface area contributed by atoms with Crippen molar-refractivity contribution in [2.45, 2.75) is 32.4 Å². The van der Waals surface area contributed by atoms with Crippen molar-refractivity contribution in [2.24, 2.45) is 0 Å². The van der Waals surface area contributed by atoms with Gasteiger partial charge in [-0.2, -0.15) is 0 Å². The van der Waals surface area contributed by atoms with E-state index in [4.69, 9.17) is 0 Å². The Bertz CT molecular complexity index is 363. The van der Waals surface area contributed by atoms with Crippen LogP contribution >= 0.6 is 0 Å². The Morgan fingerprint density at radius 3 is 2.56 bits per heavy atom. The number of aliphatic hydroxyl groups excluding tert-OH is 1. The van der Waals surface area contributed by atoms with Crippen LogP contribution in [0.5, 0.6) is 0 Å². The standard InChI is InChI=1S/C14H22N2O2/c1-3-13(17)8-9-16-10-11-4-6-12(7-5-11)14(18)15-2/h4-7,13,16-17H,3,8-10H2,1-2H3,(H,15,18). The van der Waals surface area contributed by atoms with Gasteiger partial charge in [-0.1, -0.05) is 19.1 Å². The third-order valence-electron chi connectivity index (χ3n) is 2.90. The lowest BCUT2D eigenvalue weighted by atomic mass is 10.1. The average Bonchev–Trinajstić information content (AvgIpc) is 2.43. The first-order chi connectivity index (χ1) is 8.67. The van der Waals surface area contributed by atoms with Crippen LogP contribution in [0.25, 0.3) is 0 Å². The van der Waals surface area contributed by atoms with Crippen LogP contribution in [0.4, 0.5) is 0 Å². The minimum atomic E-state index is -0.215. The molecule has 0 aliphatic rings. The molecule has 1 amide bonds. The Labute approximate surface area is 108 Å². The molecule has 4 heteroatoms. The van der Waals surface area contributed by atoms with E-state index in [-0.39, 0.29) is 12.0 Å². The normalized spacial score (nSPS) is 12.2. The topological polar surface area (TPSA) is 61.4 Å². The number of nitrogens with one attached hydrogen (secondary N) is 2. The monoisotopic (exact) mass is 250 g/mol. The molecule has 0 saturated carbocycles. The molecule has 1 aromatic carbocycles. The van der Waals surface area contributed by atoms with Gasteiger partial charge in [0.05, 0.1) is 6.10 Å². The number of carbonyl (C=O) groups excluding carboxylic acids is 1. The molecule has 0 bridgehead atoms. The third-order valence-corrected chi connectivity index (χ3v) is 2.90. The number of amides is 1. The minimum absolute atomic E-state index is 0.0689. The van der Waals surface area contributed by atoms with E-state index in [1.807, 2.05) is 31.2 Å². The summed E-state index contributed by atoms with van der Waals surface area (Å²) < 4.78 is 0. The molecule has 18 heavy (non-hydrogen) atoms. The van der Waals surface area contributed by atoms with Gasteiger partial charge in [0.15, 0.2) is 0 Å². The Morgan fingerprint density at radius 2 is 2.00 bits per heavy atom. The quantitative estimate of drug-likeness (QED) is 0.639.